The summed E-state index contributed by atoms with van der Waals surface area (Å²) in [4.78, 5) is 18.3. The molecular formula is C27H33FN6O. The van der Waals surface area contributed by atoms with Crippen LogP contribution in [-0.2, 0) is 6.42 Å². The lowest BCUT2D eigenvalue weighted by Gasteiger charge is -2.33. The van der Waals surface area contributed by atoms with E-state index in [1.807, 2.05) is 13.0 Å². The molecule has 5 rings (SSSR count). The number of hydrogen-bond donors (Lipinski definition) is 1. The minimum atomic E-state index is -0.409. The van der Waals surface area contributed by atoms with E-state index in [2.05, 4.69) is 70.0 Å². The molecule has 184 valence electrons. The smallest absolute Gasteiger partial charge is 0.326 e. The summed E-state index contributed by atoms with van der Waals surface area (Å²) < 4.78 is 20.8. The molecule has 35 heavy (non-hydrogen) atoms. The van der Waals surface area contributed by atoms with Crippen molar-refractivity contribution in [1.82, 2.24) is 14.9 Å². The van der Waals surface area contributed by atoms with Gasteiger partial charge in [-0.25, -0.2) is 4.39 Å². The lowest BCUT2D eigenvalue weighted by atomic mass is 9.87. The van der Waals surface area contributed by atoms with Crippen molar-refractivity contribution < 1.29 is 9.13 Å². The van der Waals surface area contributed by atoms with E-state index in [0.29, 0.717) is 12.4 Å². The van der Waals surface area contributed by atoms with E-state index in [1.54, 1.807) is 12.1 Å². The van der Waals surface area contributed by atoms with Crippen LogP contribution >= 0.6 is 0 Å². The maximum Gasteiger partial charge on any atom is 0.326 e. The number of fused-ring (bicyclic) bond motifs is 1. The molecule has 1 fully saturated rings. The summed E-state index contributed by atoms with van der Waals surface area (Å²) in [6, 6.07) is 5.31. The third-order valence-corrected chi connectivity index (χ3v) is 6.74. The summed E-state index contributed by atoms with van der Waals surface area (Å²) in [7, 11) is 2.11. The van der Waals surface area contributed by atoms with Gasteiger partial charge in [0, 0.05) is 32.2 Å². The predicted molar refractivity (Wildman–Crippen MR) is 139 cm³/mol. The molecule has 0 bridgehead atoms. The van der Waals surface area contributed by atoms with Crippen LogP contribution in [0.25, 0.3) is 6.08 Å². The topological polar surface area (TPSA) is 65.9 Å². The Morgan fingerprint density at radius 1 is 1.03 bits per heavy atom. The van der Waals surface area contributed by atoms with Crippen LogP contribution in [0.5, 0.6) is 11.8 Å². The second kappa shape index (κ2) is 9.07. The molecule has 2 aliphatic heterocycles. The third-order valence-electron chi connectivity index (χ3n) is 6.74. The van der Waals surface area contributed by atoms with Crippen molar-refractivity contribution in [3.05, 3.63) is 52.4 Å². The van der Waals surface area contributed by atoms with Crippen LogP contribution in [0, 0.1) is 11.2 Å². The van der Waals surface area contributed by atoms with E-state index in [9.17, 15) is 4.39 Å². The molecule has 1 aliphatic carbocycles. The maximum absolute atomic E-state index is 14.9. The summed E-state index contributed by atoms with van der Waals surface area (Å²) in [6.45, 7) is 12.8. The normalized spacial score (nSPS) is 18.2. The fraction of sp³-hybridized carbons (Fsp3) is 0.444. The quantitative estimate of drug-likeness (QED) is 0.676. The van der Waals surface area contributed by atoms with Crippen molar-refractivity contribution in [2.45, 2.75) is 34.1 Å². The van der Waals surface area contributed by atoms with Crippen LogP contribution in [0.3, 0.4) is 0 Å². The highest BCUT2D eigenvalue weighted by Crippen LogP contribution is 2.33. The Labute approximate surface area is 206 Å². The molecule has 2 aromatic rings. The number of nitrogens with zero attached hydrogens (tertiary/aromatic N) is 5. The Balaban J connectivity index is 1.45. The summed E-state index contributed by atoms with van der Waals surface area (Å²) in [5.74, 6) is 1.80. The summed E-state index contributed by atoms with van der Waals surface area (Å²) in [5.41, 5.74) is 4.47. The Bertz CT molecular complexity index is 1230. The molecule has 1 aromatic heterocycles. The second-order valence-electron chi connectivity index (χ2n) is 10.7. The third kappa shape index (κ3) is 5.22. The van der Waals surface area contributed by atoms with Gasteiger partial charge in [-0.15, -0.1) is 0 Å². The SMILES string of the molecule is CC1=Cc2cc(Oc3nc(NC4=NCC(C(C)(C)C)=C4)cc(N4CCN(C)CC4)n3)c(F)cc2C1. The number of benzene rings is 1. The van der Waals surface area contributed by atoms with Crippen molar-refractivity contribution >= 4 is 23.5 Å². The van der Waals surface area contributed by atoms with Gasteiger partial charge in [0.1, 0.15) is 17.5 Å². The molecule has 8 heteroatoms. The van der Waals surface area contributed by atoms with Gasteiger partial charge in [-0.2, -0.15) is 9.97 Å². The lowest BCUT2D eigenvalue weighted by Crippen LogP contribution is -2.44. The second-order valence-corrected chi connectivity index (χ2v) is 10.7. The van der Waals surface area contributed by atoms with Crippen LogP contribution in [0.15, 0.2) is 40.4 Å². The number of rotatable bonds is 4. The van der Waals surface area contributed by atoms with E-state index in [-0.39, 0.29) is 17.2 Å². The number of likely N-dealkylation sites (N-methyl/N-ethyl adjacent to an activating group) is 1. The molecule has 1 aromatic carbocycles. The molecule has 0 radical (unpaired) electrons. The Morgan fingerprint density at radius 2 is 1.80 bits per heavy atom. The number of aliphatic imine (C=N–C) groups is 1. The number of allylic oxidation sites excluding steroid dienone is 1. The first-order valence-electron chi connectivity index (χ1n) is 12.2. The van der Waals surface area contributed by atoms with Gasteiger partial charge in [-0.1, -0.05) is 32.4 Å². The van der Waals surface area contributed by atoms with E-state index in [1.165, 1.54) is 11.1 Å². The van der Waals surface area contributed by atoms with Gasteiger partial charge in [-0.05, 0) is 60.7 Å². The van der Waals surface area contributed by atoms with Crippen molar-refractivity contribution in [2.75, 3.05) is 50.0 Å². The van der Waals surface area contributed by atoms with Crippen LogP contribution in [-0.4, -0.2) is 60.5 Å². The standard InChI is InChI=1S/C27H33FN6O/c1-17-10-18-12-21(28)22(13-19(18)11-17)35-26-31-24(30-23-14-20(16-29-23)27(2,3)4)15-25(32-26)34-8-6-33(5)7-9-34/h11-15H,6-10,16H2,1-5H3,(H,29,30,31,32). The van der Waals surface area contributed by atoms with Gasteiger partial charge < -0.3 is 19.9 Å². The fourth-order valence-corrected chi connectivity index (χ4v) is 4.50. The zero-order valence-corrected chi connectivity index (χ0v) is 21.2. The Kier molecular flexibility index (Phi) is 6.09. The van der Waals surface area contributed by atoms with Crippen LogP contribution in [0.4, 0.5) is 16.0 Å². The predicted octanol–water partition coefficient (Wildman–Crippen LogP) is 4.92. The van der Waals surface area contributed by atoms with Crippen molar-refractivity contribution in [2.24, 2.45) is 10.4 Å². The number of nitrogens with one attached hydrogen (secondary N) is 1. The first-order chi connectivity index (χ1) is 16.6. The highest BCUT2D eigenvalue weighted by molar-refractivity contribution is 6.05. The average molecular weight is 477 g/mol. The molecular weight excluding hydrogens is 443 g/mol. The Morgan fingerprint density at radius 3 is 2.51 bits per heavy atom. The molecule has 0 atom stereocenters. The van der Waals surface area contributed by atoms with Crippen LogP contribution in [0.2, 0.25) is 0 Å². The number of hydrogen-bond acceptors (Lipinski definition) is 7. The molecule has 0 unspecified atom stereocenters. The lowest BCUT2D eigenvalue weighted by molar-refractivity contribution is 0.311. The molecule has 1 N–H and O–H groups in total. The zero-order chi connectivity index (χ0) is 24.7. The minimum Gasteiger partial charge on any atom is -0.421 e. The maximum atomic E-state index is 14.9. The average Bonchev–Trinajstić information content (AvgIpc) is 3.40. The minimum absolute atomic E-state index is 0.0513. The first-order valence-corrected chi connectivity index (χ1v) is 12.2. The number of halogens is 1. The summed E-state index contributed by atoms with van der Waals surface area (Å²) in [6.07, 6.45) is 4.91. The van der Waals surface area contributed by atoms with E-state index in [4.69, 9.17) is 4.74 Å². The van der Waals surface area contributed by atoms with Gasteiger partial charge in [0.05, 0.1) is 6.54 Å². The number of ether oxygens (including phenoxy) is 1. The number of piperazine rings is 1. The van der Waals surface area contributed by atoms with E-state index >= 15 is 0 Å². The van der Waals surface area contributed by atoms with Crippen molar-refractivity contribution in [3.63, 3.8) is 0 Å². The summed E-state index contributed by atoms with van der Waals surface area (Å²) >= 11 is 0. The molecule has 7 nitrogen and oxygen atoms in total. The fourth-order valence-electron chi connectivity index (χ4n) is 4.50. The number of anilines is 2. The Hall–Kier alpha value is -3.26. The molecule has 1 saturated heterocycles. The monoisotopic (exact) mass is 476 g/mol. The van der Waals surface area contributed by atoms with Gasteiger partial charge in [0.25, 0.3) is 0 Å². The van der Waals surface area contributed by atoms with E-state index in [0.717, 1.165) is 55.4 Å². The van der Waals surface area contributed by atoms with Crippen molar-refractivity contribution in [3.8, 4) is 11.8 Å². The summed E-state index contributed by atoms with van der Waals surface area (Å²) in [5, 5.41) is 3.32. The molecule has 0 saturated carbocycles. The van der Waals surface area contributed by atoms with Crippen LogP contribution < -0.4 is 15.0 Å². The number of amidine groups is 1. The van der Waals surface area contributed by atoms with Gasteiger partial charge in [-0.3, -0.25) is 4.99 Å². The van der Waals surface area contributed by atoms with Gasteiger partial charge in [0.15, 0.2) is 11.6 Å². The van der Waals surface area contributed by atoms with Gasteiger partial charge >= 0.3 is 6.01 Å². The van der Waals surface area contributed by atoms with Gasteiger partial charge in [0.2, 0.25) is 0 Å². The highest BCUT2D eigenvalue weighted by atomic mass is 19.1. The molecule has 0 amide bonds. The molecule has 0 spiro atoms. The molecule has 3 aliphatic rings. The largest absolute Gasteiger partial charge is 0.421 e. The number of aromatic nitrogens is 2. The van der Waals surface area contributed by atoms with Crippen molar-refractivity contribution in [1.29, 1.82) is 0 Å². The zero-order valence-electron chi connectivity index (χ0n) is 21.2. The highest BCUT2D eigenvalue weighted by Gasteiger charge is 2.23. The molecule has 3 heterocycles. The van der Waals surface area contributed by atoms with E-state index < -0.39 is 5.82 Å². The first kappa shape index (κ1) is 23.5. The van der Waals surface area contributed by atoms with Crippen LogP contribution in [0.1, 0.15) is 38.8 Å².